The zero-order valence-corrected chi connectivity index (χ0v) is 18.5. The molecule has 1 aromatic heterocycles. The maximum atomic E-state index is 13.4. The first-order valence-corrected chi connectivity index (χ1v) is 11.9. The first kappa shape index (κ1) is 21.1. The molecule has 160 valence electrons. The molecule has 6 heteroatoms. The van der Waals surface area contributed by atoms with E-state index in [1.54, 1.807) is 16.2 Å². The lowest BCUT2D eigenvalue weighted by Crippen LogP contribution is -2.45. The summed E-state index contributed by atoms with van der Waals surface area (Å²) < 4.78 is 0. The van der Waals surface area contributed by atoms with Crippen LogP contribution in [-0.2, 0) is 4.79 Å². The topological polar surface area (TPSA) is 52.7 Å². The van der Waals surface area contributed by atoms with Gasteiger partial charge in [0.25, 0.3) is 5.91 Å². The fourth-order valence-corrected chi connectivity index (χ4v) is 5.66. The molecule has 3 heterocycles. The minimum Gasteiger partial charge on any atom is -0.355 e. The van der Waals surface area contributed by atoms with Gasteiger partial charge in [0.15, 0.2) is 0 Å². The van der Waals surface area contributed by atoms with Gasteiger partial charge in [0.2, 0.25) is 5.91 Å². The van der Waals surface area contributed by atoms with Crippen LogP contribution in [0.3, 0.4) is 0 Å². The molecule has 2 aliphatic heterocycles. The SMILES string of the molecule is CN1C(=O)c2ccccc2C(C(=O)NCCCN2CCCCCC2)C1c1cccs1. The molecule has 0 aliphatic carbocycles. The molecule has 2 unspecified atom stereocenters. The van der Waals surface area contributed by atoms with Gasteiger partial charge in [-0.3, -0.25) is 9.59 Å². The van der Waals surface area contributed by atoms with E-state index in [0.717, 1.165) is 23.4 Å². The fourth-order valence-electron chi connectivity index (χ4n) is 4.76. The Bertz CT molecular complexity index is 859. The molecule has 1 saturated heterocycles. The van der Waals surface area contributed by atoms with Gasteiger partial charge >= 0.3 is 0 Å². The normalized spacial score (nSPS) is 22.4. The second-order valence-corrected chi connectivity index (χ2v) is 9.32. The average Bonchev–Trinajstić information content (AvgIpc) is 3.16. The van der Waals surface area contributed by atoms with E-state index < -0.39 is 0 Å². The third-order valence-electron chi connectivity index (χ3n) is 6.35. The van der Waals surface area contributed by atoms with Gasteiger partial charge in [0.1, 0.15) is 0 Å². The van der Waals surface area contributed by atoms with E-state index in [4.69, 9.17) is 0 Å². The van der Waals surface area contributed by atoms with Crippen LogP contribution in [0.4, 0.5) is 0 Å². The van der Waals surface area contributed by atoms with Crippen molar-refractivity contribution in [1.29, 1.82) is 0 Å². The monoisotopic (exact) mass is 425 g/mol. The molecule has 1 fully saturated rings. The van der Waals surface area contributed by atoms with Gasteiger partial charge in [0.05, 0.1) is 12.0 Å². The molecule has 2 aliphatic rings. The minimum atomic E-state index is -0.388. The Labute approximate surface area is 183 Å². The number of likely N-dealkylation sites (N-methyl/N-ethyl adjacent to an activating group) is 1. The highest BCUT2D eigenvalue weighted by Gasteiger charge is 2.42. The first-order valence-electron chi connectivity index (χ1n) is 11.1. The van der Waals surface area contributed by atoms with Crippen molar-refractivity contribution < 1.29 is 9.59 Å². The lowest BCUT2D eigenvalue weighted by atomic mass is 9.81. The van der Waals surface area contributed by atoms with Gasteiger partial charge in [-0.15, -0.1) is 11.3 Å². The maximum absolute atomic E-state index is 13.4. The Hall–Kier alpha value is -2.18. The van der Waals surface area contributed by atoms with Crippen LogP contribution >= 0.6 is 11.3 Å². The van der Waals surface area contributed by atoms with E-state index in [1.165, 1.54) is 38.8 Å². The zero-order valence-electron chi connectivity index (χ0n) is 17.7. The summed E-state index contributed by atoms with van der Waals surface area (Å²) in [5, 5.41) is 5.18. The number of hydrogen-bond acceptors (Lipinski definition) is 4. The molecule has 0 saturated carbocycles. The van der Waals surface area contributed by atoms with Gasteiger partial charge in [-0.2, -0.15) is 0 Å². The van der Waals surface area contributed by atoms with Gasteiger partial charge in [-0.05, 0) is 62.0 Å². The number of benzene rings is 1. The lowest BCUT2D eigenvalue weighted by Gasteiger charge is -2.39. The summed E-state index contributed by atoms with van der Waals surface area (Å²) in [5.41, 5.74) is 1.47. The Morgan fingerprint density at radius 3 is 2.60 bits per heavy atom. The third-order valence-corrected chi connectivity index (χ3v) is 7.29. The van der Waals surface area contributed by atoms with Crippen molar-refractivity contribution in [3.63, 3.8) is 0 Å². The number of nitrogens with one attached hydrogen (secondary N) is 1. The van der Waals surface area contributed by atoms with Crippen LogP contribution in [0.5, 0.6) is 0 Å². The Morgan fingerprint density at radius 2 is 1.87 bits per heavy atom. The average molecular weight is 426 g/mol. The van der Waals surface area contributed by atoms with Crippen molar-refractivity contribution in [3.8, 4) is 0 Å². The molecule has 1 N–H and O–H groups in total. The predicted molar refractivity (Wildman–Crippen MR) is 121 cm³/mol. The van der Waals surface area contributed by atoms with Gasteiger partial charge in [-0.1, -0.05) is 37.1 Å². The van der Waals surface area contributed by atoms with Crippen molar-refractivity contribution in [2.45, 2.75) is 44.1 Å². The summed E-state index contributed by atoms with van der Waals surface area (Å²) in [6.07, 6.45) is 6.20. The van der Waals surface area contributed by atoms with Crippen molar-refractivity contribution >= 4 is 23.2 Å². The van der Waals surface area contributed by atoms with E-state index in [0.29, 0.717) is 12.1 Å². The number of carbonyl (C=O) groups excluding carboxylic acids is 2. The van der Waals surface area contributed by atoms with Gasteiger partial charge in [0, 0.05) is 24.0 Å². The molecule has 4 rings (SSSR count). The van der Waals surface area contributed by atoms with Crippen LogP contribution in [0.2, 0.25) is 0 Å². The van der Waals surface area contributed by atoms with E-state index in [2.05, 4.69) is 10.2 Å². The number of carbonyl (C=O) groups is 2. The van der Waals surface area contributed by atoms with Crippen LogP contribution in [0.15, 0.2) is 41.8 Å². The molecular weight excluding hydrogens is 394 g/mol. The maximum Gasteiger partial charge on any atom is 0.254 e. The molecule has 0 bridgehead atoms. The quantitative estimate of drug-likeness (QED) is 0.711. The minimum absolute atomic E-state index is 0.0102. The molecule has 2 atom stereocenters. The molecular formula is C24H31N3O2S. The summed E-state index contributed by atoms with van der Waals surface area (Å²) in [7, 11) is 1.81. The number of rotatable bonds is 6. The van der Waals surface area contributed by atoms with Crippen molar-refractivity contribution in [2.24, 2.45) is 0 Å². The predicted octanol–water partition coefficient (Wildman–Crippen LogP) is 4.04. The molecule has 2 aromatic rings. The largest absolute Gasteiger partial charge is 0.355 e. The summed E-state index contributed by atoms with van der Waals surface area (Å²) in [4.78, 5) is 31.6. The second kappa shape index (κ2) is 9.75. The smallest absolute Gasteiger partial charge is 0.254 e. The van der Waals surface area contributed by atoms with E-state index in [9.17, 15) is 9.59 Å². The molecule has 30 heavy (non-hydrogen) atoms. The van der Waals surface area contributed by atoms with Gasteiger partial charge < -0.3 is 15.1 Å². The standard InChI is InChI=1S/C24H31N3O2S/c1-26-22(20-12-8-17-30-20)21(18-10-4-5-11-19(18)24(26)29)23(28)25-13-9-16-27-14-6-2-3-7-15-27/h4-5,8,10-12,17,21-22H,2-3,6-7,9,13-16H2,1H3,(H,25,28). The first-order chi connectivity index (χ1) is 14.7. The summed E-state index contributed by atoms with van der Waals surface area (Å²) in [6.45, 7) is 4.06. The molecule has 1 aromatic carbocycles. The lowest BCUT2D eigenvalue weighted by molar-refractivity contribution is -0.124. The van der Waals surface area contributed by atoms with E-state index >= 15 is 0 Å². The summed E-state index contributed by atoms with van der Waals surface area (Å²) >= 11 is 1.60. The van der Waals surface area contributed by atoms with Crippen LogP contribution in [0.1, 0.15) is 64.9 Å². The van der Waals surface area contributed by atoms with Crippen LogP contribution in [-0.4, -0.2) is 54.8 Å². The zero-order chi connectivity index (χ0) is 20.9. The number of fused-ring (bicyclic) bond motifs is 1. The highest BCUT2D eigenvalue weighted by atomic mass is 32.1. The van der Waals surface area contributed by atoms with Crippen molar-refractivity contribution in [3.05, 3.63) is 57.8 Å². The summed E-state index contributed by atoms with van der Waals surface area (Å²) in [5.74, 6) is -0.397. The number of likely N-dealkylation sites (tertiary alicyclic amines) is 1. The highest BCUT2D eigenvalue weighted by molar-refractivity contribution is 7.10. The summed E-state index contributed by atoms with van der Waals surface area (Å²) in [6, 6.07) is 11.3. The third kappa shape index (κ3) is 4.44. The molecule has 2 amide bonds. The number of amides is 2. The number of nitrogens with zero attached hydrogens (tertiary/aromatic N) is 2. The van der Waals surface area contributed by atoms with Crippen LogP contribution in [0.25, 0.3) is 0 Å². The number of hydrogen-bond donors (Lipinski definition) is 1. The Morgan fingerprint density at radius 1 is 1.10 bits per heavy atom. The van der Waals surface area contributed by atoms with Crippen LogP contribution in [0, 0.1) is 0 Å². The Kier molecular flexibility index (Phi) is 6.85. The second-order valence-electron chi connectivity index (χ2n) is 8.34. The number of thiophene rings is 1. The Balaban J connectivity index is 1.47. The molecule has 0 radical (unpaired) electrons. The van der Waals surface area contributed by atoms with Crippen LogP contribution < -0.4 is 5.32 Å². The highest BCUT2D eigenvalue weighted by Crippen LogP contribution is 2.43. The van der Waals surface area contributed by atoms with Crippen molar-refractivity contribution in [2.75, 3.05) is 33.2 Å². The van der Waals surface area contributed by atoms with E-state index in [1.807, 2.05) is 48.8 Å². The molecule has 5 nitrogen and oxygen atoms in total. The molecule has 0 spiro atoms. The fraction of sp³-hybridized carbons (Fsp3) is 0.500. The van der Waals surface area contributed by atoms with Gasteiger partial charge in [-0.25, -0.2) is 0 Å². The van der Waals surface area contributed by atoms with Crippen molar-refractivity contribution in [1.82, 2.24) is 15.1 Å². The van der Waals surface area contributed by atoms with E-state index in [-0.39, 0.29) is 23.8 Å².